The van der Waals surface area contributed by atoms with Crippen molar-refractivity contribution in [2.24, 2.45) is 0 Å². The first-order chi connectivity index (χ1) is 17.3. The number of carbonyl (C=O) groups excluding carboxylic acids is 1. The monoisotopic (exact) mass is 513 g/mol. The number of hydrogen-bond acceptors (Lipinski definition) is 6. The number of benzene rings is 1. The number of hydrogen-bond donors (Lipinski definition) is 1. The third kappa shape index (κ3) is 6.31. The molecule has 1 amide bonds. The van der Waals surface area contributed by atoms with E-state index in [2.05, 4.69) is 72.8 Å². The van der Waals surface area contributed by atoms with Crippen LogP contribution in [0.4, 0.5) is 0 Å². The molecule has 2 aromatic rings. The molecule has 0 aliphatic carbocycles. The molecule has 2 fully saturated rings. The van der Waals surface area contributed by atoms with Gasteiger partial charge in [-0.05, 0) is 83.6 Å². The van der Waals surface area contributed by atoms with Crippen LogP contribution in [0.5, 0.6) is 5.75 Å². The number of ether oxygens (including phenoxy) is 2. The lowest BCUT2D eigenvalue weighted by Gasteiger charge is -2.50. The van der Waals surface area contributed by atoms with Crippen LogP contribution in [0, 0.1) is 0 Å². The lowest BCUT2D eigenvalue weighted by Crippen LogP contribution is -2.63. The highest BCUT2D eigenvalue weighted by atomic mass is 32.1. The first-order valence-electron chi connectivity index (χ1n) is 13.5. The zero-order valence-corrected chi connectivity index (χ0v) is 23.4. The van der Waals surface area contributed by atoms with Crippen LogP contribution in [0.25, 0.3) is 0 Å². The van der Waals surface area contributed by atoms with E-state index >= 15 is 0 Å². The highest BCUT2D eigenvalue weighted by Crippen LogP contribution is 2.35. The van der Waals surface area contributed by atoms with Gasteiger partial charge in [-0.3, -0.25) is 4.79 Å². The molecule has 0 bridgehead atoms. The van der Waals surface area contributed by atoms with Crippen molar-refractivity contribution in [2.45, 2.75) is 83.3 Å². The van der Waals surface area contributed by atoms with Crippen LogP contribution in [-0.2, 0) is 16.0 Å². The minimum Gasteiger partial charge on any atom is -0.485 e. The Balaban J connectivity index is 1.39. The van der Waals surface area contributed by atoms with Gasteiger partial charge in [-0.25, -0.2) is 0 Å². The normalized spacial score (nSPS) is 22.2. The third-order valence-corrected chi connectivity index (χ3v) is 8.71. The summed E-state index contributed by atoms with van der Waals surface area (Å²) < 4.78 is 13.0. The maximum Gasteiger partial charge on any atom is 0.251 e. The van der Waals surface area contributed by atoms with E-state index in [0.29, 0.717) is 12.6 Å². The van der Waals surface area contributed by atoms with Crippen LogP contribution in [0.2, 0.25) is 0 Å². The number of thiophene rings is 1. The van der Waals surface area contributed by atoms with Gasteiger partial charge in [0.1, 0.15) is 18.0 Å². The molecule has 3 heterocycles. The molecule has 36 heavy (non-hydrogen) atoms. The summed E-state index contributed by atoms with van der Waals surface area (Å²) >= 11 is 1.76. The van der Waals surface area contributed by atoms with E-state index in [1.807, 2.05) is 18.9 Å². The minimum absolute atomic E-state index is 0.0563. The van der Waals surface area contributed by atoms with Crippen molar-refractivity contribution in [1.82, 2.24) is 15.1 Å². The molecule has 1 spiro atoms. The predicted octanol–water partition coefficient (Wildman–Crippen LogP) is 4.90. The molecule has 0 saturated carbocycles. The number of rotatable bonds is 10. The molecule has 1 aromatic carbocycles. The molecule has 2 saturated heterocycles. The summed E-state index contributed by atoms with van der Waals surface area (Å²) in [7, 11) is 1.99. The van der Waals surface area contributed by atoms with Crippen LogP contribution in [0.1, 0.15) is 63.5 Å². The van der Waals surface area contributed by atoms with Crippen molar-refractivity contribution in [3.05, 3.63) is 52.2 Å². The number of para-hydroxylation sites is 1. The Morgan fingerprint density at radius 2 is 1.92 bits per heavy atom. The van der Waals surface area contributed by atoms with E-state index in [1.165, 1.54) is 10.4 Å². The summed E-state index contributed by atoms with van der Waals surface area (Å²) in [5.74, 6) is 1.11. The van der Waals surface area contributed by atoms with Crippen molar-refractivity contribution in [2.75, 3.05) is 33.2 Å². The average Bonchev–Trinajstić information content (AvgIpc) is 3.40. The lowest BCUT2D eigenvalue weighted by atomic mass is 9.87. The summed E-state index contributed by atoms with van der Waals surface area (Å²) in [5.41, 5.74) is 1.05. The molecule has 7 heteroatoms. The molecule has 2 aliphatic heterocycles. The number of nitrogens with zero attached hydrogens (tertiary/aromatic N) is 2. The van der Waals surface area contributed by atoms with Gasteiger partial charge in [0.25, 0.3) is 5.91 Å². The second kappa shape index (κ2) is 12.1. The maximum atomic E-state index is 12.6. The fourth-order valence-electron chi connectivity index (χ4n) is 5.57. The fourth-order valence-corrected chi connectivity index (χ4v) is 6.36. The van der Waals surface area contributed by atoms with E-state index in [4.69, 9.17) is 9.47 Å². The van der Waals surface area contributed by atoms with Crippen molar-refractivity contribution >= 4 is 17.2 Å². The van der Waals surface area contributed by atoms with Gasteiger partial charge >= 0.3 is 0 Å². The first-order valence-corrected chi connectivity index (χ1v) is 14.3. The Labute approximate surface area is 221 Å². The van der Waals surface area contributed by atoms with E-state index in [-0.39, 0.29) is 29.8 Å². The Hall–Kier alpha value is -1.93. The highest BCUT2D eigenvalue weighted by Gasteiger charge is 2.46. The summed E-state index contributed by atoms with van der Waals surface area (Å²) in [6.07, 6.45) is 3.50. The topological polar surface area (TPSA) is 54.0 Å². The van der Waals surface area contributed by atoms with Gasteiger partial charge in [-0.15, -0.1) is 11.3 Å². The van der Waals surface area contributed by atoms with Gasteiger partial charge < -0.3 is 24.6 Å². The van der Waals surface area contributed by atoms with Gasteiger partial charge in [0.05, 0.1) is 12.1 Å². The molecule has 1 N–H and O–H groups in total. The maximum absolute atomic E-state index is 12.6. The number of amides is 1. The number of nitrogens with one attached hydrogen (secondary N) is 1. The van der Waals surface area contributed by atoms with Crippen LogP contribution in [0.3, 0.4) is 0 Å². The number of piperidine rings is 1. The Kier molecular flexibility index (Phi) is 9.10. The van der Waals surface area contributed by atoms with E-state index in [0.717, 1.165) is 51.1 Å². The second-order valence-corrected chi connectivity index (χ2v) is 11.7. The van der Waals surface area contributed by atoms with Crippen LogP contribution in [-0.4, -0.2) is 72.7 Å². The van der Waals surface area contributed by atoms with Crippen molar-refractivity contribution in [1.29, 1.82) is 0 Å². The summed E-state index contributed by atoms with van der Waals surface area (Å²) in [6.45, 7) is 12.0. The molecule has 6 nitrogen and oxygen atoms in total. The molecular formula is C29H43N3O3S. The average molecular weight is 514 g/mol. The largest absolute Gasteiger partial charge is 0.485 e. The van der Waals surface area contributed by atoms with Crippen molar-refractivity contribution in [3.8, 4) is 5.75 Å². The molecule has 0 unspecified atom stereocenters. The number of carbonyl (C=O) groups is 1. The minimum atomic E-state index is -0.353. The molecule has 198 valence electrons. The van der Waals surface area contributed by atoms with Gasteiger partial charge in [-0.1, -0.05) is 24.3 Å². The zero-order chi connectivity index (χ0) is 25.7. The van der Waals surface area contributed by atoms with Gasteiger partial charge in [0.2, 0.25) is 0 Å². The summed E-state index contributed by atoms with van der Waals surface area (Å²) in [6, 6.07) is 13.4. The van der Waals surface area contributed by atoms with Gasteiger partial charge in [0, 0.05) is 36.5 Å². The SMILES string of the molecule is CNCC[C@@H](Oc1ccccc1C[C@H](C)N1CCC2(CC1)CN(C(C)C)C(=O)[C@@H](C)O2)c1cccs1. The Morgan fingerprint density at radius 1 is 1.17 bits per heavy atom. The lowest BCUT2D eigenvalue weighted by molar-refractivity contribution is -0.193. The van der Waals surface area contributed by atoms with Gasteiger partial charge in [-0.2, -0.15) is 0 Å². The van der Waals surface area contributed by atoms with Crippen molar-refractivity contribution in [3.63, 3.8) is 0 Å². The summed E-state index contributed by atoms with van der Waals surface area (Å²) in [4.78, 5) is 18.4. The molecule has 1 aromatic heterocycles. The van der Waals surface area contributed by atoms with Crippen LogP contribution >= 0.6 is 11.3 Å². The zero-order valence-electron chi connectivity index (χ0n) is 22.5. The molecule has 4 rings (SSSR count). The number of likely N-dealkylation sites (tertiary alicyclic amines) is 1. The quantitative estimate of drug-likeness (QED) is 0.490. The highest BCUT2D eigenvalue weighted by molar-refractivity contribution is 7.10. The van der Waals surface area contributed by atoms with E-state index in [9.17, 15) is 4.79 Å². The second-order valence-electron chi connectivity index (χ2n) is 10.7. The first kappa shape index (κ1) is 27.1. The van der Waals surface area contributed by atoms with E-state index < -0.39 is 0 Å². The van der Waals surface area contributed by atoms with Crippen molar-refractivity contribution < 1.29 is 14.3 Å². The van der Waals surface area contributed by atoms with E-state index in [1.54, 1.807) is 11.3 Å². The Morgan fingerprint density at radius 3 is 2.58 bits per heavy atom. The summed E-state index contributed by atoms with van der Waals surface area (Å²) in [5, 5.41) is 5.38. The smallest absolute Gasteiger partial charge is 0.251 e. The molecule has 2 aliphatic rings. The molecular weight excluding hydrogens is 470 g/mol. The standard InChI is InChI=1S/C29H43N3O3S/c1-21(2)32-20-29(35-23(4)28(32)33)13-16-31(17-14-29)22(3)19-24-9-6-7-10-25(24)34-26(12-15-30-5)27-11-8-18-36-27/h6-11,18,21-23,26,30H,12-17,19-20H2,1-5H3/t22-,23+,26+/m0/s1. The molecule has 0 radical (unpaired) electrons. The van der Waals surface area contributed by atoms with Gasteiger partial charge in [0.15, 0.2) is 0 Å². The molecule has 3 atom stereocenters. The predicted molar refractivity (Wildman–Crippen MR) is 147 cm³/mol. The van der Waals surface area contributed by atoms with Crippen LogP contribution in [0.15, 0.2) is 41.8 Å². The van der Waals surface area contributed by atoms with Crippen LogP contribution < -0.4 is 10.1 Å². The number of morpholine rings is 1. The Bertz CT molecular complexity index is 972. The third-order valence-electron chi connectivity index (χ3n) is 7.75. The fraction of sp³-hybridized carbons (Fsp3) is 0.621.